The molecule has 0 N–H and O–H groups in total. The molecule has 0 amide bonds. The van der Waals surface area contributed by atoms with Gasteiger partial charge in [0.15, 0.2) is 0 Å². The van der Waals surface area contributed by atoms with Crippen molar-refractivity contribution in [3.05, 3.63) is 0 Å². The zero-order chi connectivity index (χ0) is 19.3. The van der Waals surface area contributed by atoms with Crippen LogP contribution in [0.15, 0.2) is 0 Å². The lowest BCUT2D eigenvalue weighted by molar-refractivity contribution is 0.243. The highest BCUT2D eigenvalue weighted by molar-refractivity contribution is 4.72. The fourth-order valence-corrected chi connectivity index (χ4v) is 4.18. The predicted molar refractivity (Wildman–Crippen MR) is 122 cm³/mol. The van der Waals surface area contributed by atoms with Crippen molar-refractivity contribution in [3.8, 4) is 0 Å². The molecule has 0 spiro atoms. The van der Waals surface area contributed by atoms with Gasteiger partial charge in [-0.25, -0.2) is 0 Å². The van der Waals surface area contributed by atoms with Crippen LogP contribution in [0.2, 0.25) is 0 Å². The molecular formula is C26H54. The minimum absolute atomic E-state index is 0.631. The zero-order valence-corrected chi connectivity index (χ0v) is 19.3. The number of unbranched alkanes of at least 4 members (excludes halogenated alkanes) is 16. The van der Waals surface area contributed by atoms with E-state index in [-0.39, 0.29) is 0 Å². The van der Waals surface area contributed by atoms with Crippen molar-refractivity contribution < 1.29 is 0 Å². The van der Waals surface area contributed by atoms with Gasteiger partial charge in [0.1, 0.15) is 0 Å². The summed E-state index contributed by atoms with van der Waals surface area (Å²) in [6.45, 7) is 9.54. The highest BCUT2D eigenvalue weighted by Crippen LogP contribution is 2.34. The summed E-state index contributed by atoms with van der Waals surface area (Å²) in [6, 6.07) is 0. The fraction of sp³-hybridized carbons (Fsp3) is 1.00. The maximum Gasteiger partial charge on any atom is -0.0328 e. The summed E-state index contributed by atoms with van der Waals surface area (Å²) in [5, 5.41) is 0. The highest BCUT2D eigenvalue weighted by atomic mass is 14.3. The van der Waals surface area contributed by atoms with Crippen LogP contribution in [0.1, 0.15) is 163 Å². The summed E-state index contributed by atoms with van der Waals surface area (Å²) in [6.07, 6.45) is 30.6. The summed E-state index contributed by atoms with van der Waals surface area (Å²) in [5.41, 5.74) is 0.631. The topological polar surface area (TPSA) is 0 Å². The van der Waals surface area contributed by atoms with Crippen LogP contribution in [-0.4, -0.2) is 0 Å². The van der Waals surface area contributed by atoms with E-state index in [1.807, 2.05) is 0 Å². The Kier molecular flexibility index (Phi) is 19.8. The molecule has 0 radical (unpaired) electrons. The van der Waals surface area contributed by atoms with Gasteiger partial charge in [0.2, 0.25) is 0 Å². The van der Waals surface area contributed by atoms with Gasteiger partial charge in [0.25, 0.3) is 0 Å². The van der Waals surface area contributed by atoms with E-state index in [0.29, 0.717) is 5.41 Å². The van der Waals surface area contributed by atoms with Gasteiger partial charge in [0, 0.05) is 0 Å². The summed E-state index contributed by atoms with van der Waals surface area (Å²) < 4.78 is 0. The fourth-order valence-electron chi connectivity index (χ4n) is 4.18. The Bertz CT molecular complexity index is 257. The molecule has 0 rings (SSSR count). The minimum Gasteiger partial charge on any atom is -0.0654 e. The standard InChI is InChI=1S/C26H54/c1-5-8-10-11-12-13-14-15-16-17-18-19-20-21-22-23-25-26(4,7-3)24-9-6-2/h5-25H2,1-4H3. The van der Waals surface area contributed by atoms with Gasteiger partial charge in [-0.2, -0.15) is 0 Å². The molecule has 0 fully saturated rings. The normalized spacial score (nSPS) is 13.8. The molecule has 0 aliphatic heterocycles. The molecule has 1 atom stereocenters. The van der Waals surface area contributed by atoms with Crippen LogP contribution in [0.5, 0.6) is 0 Å². The number of hydrogen-bond acceptors (Lipinski definition) is 0. The molecule has 0 saturated carbocycles. The van der Waals surface area contributed by atoms with Crippen molar-refractivity contribution in [1.82, 2.24) is 0 Å². The van der Waals surface area contributed by atoms with Crippen molar-refractivity contribution in [2.75, 3.05) is 0 Å². The van der Waals surface area contributed by atoms with Crippen molar-refractivity contribution in [1.29, 1.82) is 0 Å². The Labute approximate surface area is 168 Å². The molecule has 0 nitrogen and oxygen atoms in total. The third-order valence-corrected chi connectivity index (χ3v) is 6.62. The number of hydrogen-bond donors (Lipinski definition) is 0. The summed E-state index contributed by atoms with van der Waals surface area (Å²) >= 11 is 0. The molecule has 1 unspecified atom stereocenters. The van der Waals surface area contributed by atoms with Crippen LogP contribution in [0.4, 0.5) is 0 Å². The number of rotatable bonds is 21. The van der Waals surface area contributed by atoms with Gasteiger partial charge < -0.3 is 0 Å². The Morgan fingerprint density at radius 1 is 0.385 bits per heavy atom. The second-order valence-electron chi connectivity index (χ2n) is 9.32. The van der Waals surface area contributed by atoms with E-state index in [1.54, 1.807) is 0 Å². The predicted octanol–water partition coefficient (Wildman–Crippen LogP) is 10.2. The molecule has 0 aromatic rings. The first-order valence-electron chi connectivity index (χ1n) is 12.7. The molecule has 0 saturated heterocycles. The Morgan fingerprint density at radius 3 is 1.04 bits per heavy atom. The van der Waals surface area contributed by atoms with Crippen LogP contribution in [0, 0.1) is 5.41 Å². The van der Waals surface area contributed by atoms with E-state index in [0.717, 1.165) is 0 Å². The quantitative estimate of drug-likeness (QED) is 0.177. The summed E-state index contributed by atoms with van der Waals surface area (Å²) in [7, 11) is 0. The maximum atomic E-state index is 2.52. The second kappa shape index (κ2) is 19.8. The van der Waals surface area contributed by atoms with Gasteiger partial charge in [-0.05, 0) is 18.3 Å². The Morgan fingerprint density at radius 2 is 0.692 bits per heavy atom. The van der Waals surface area contributed by atoms with Gasteiger partial charge in [-0.1, -0.05) is 150 Å². The third-order valence-electron chi connectivity index (χ3n) is 6.62. The molecule has 0 aliphatic rings. The Balaban J connectivity index is 3.24. The zero-order valence-electron chi connectivity index (χ0n) is 19.3. The van der Waals surface area contributed by atoms with Crippen LogP contribution in [-0.2, 0) is 0 Å². The molecule has 0 bridgehead atoms. The Hall–Kier alpha value is 0. The van der Waals surface area contributed by atoms with Crippen molar-refractivity contribution in [2.45, 2.75) is 163 Å². The third kappa shape index (κ3) is 17.4. The average molecular weight is 367 g/mol. The second-order valence-corrected chi connectivity index (χ2v) is 9.32. The summed E-state index contributed by atoms with van der Waals surface area (Å²) in [4.78, 5) is 0. The largest absolute Gasteiger partial charge is 0.0654 e. The van der Waals surface area contributed by atoms with E-state index in [1.165, 1.54) is 135 Å². The maximum absolute atomic E-state index is 2.52. The van der Waals surface area contributed by atoms with Gasteiger partial charge in [0.05, 0.1) is 0 Å². The lowest BCUT2D eigenvalue weighted by atomic mass is 9.78. The molecule has 0 aliphatic carbocycles. The molecule has 0 heterocycles. The molecule has 0 aromatic heterocycles. The smallest absolute Gasteiger partial charge is 0.0328 e. The molecular weight excluding hydrogens is 312 g/mol. The van der Waals surface area contributed by atoms with E-state index in [9.17, 15) is 0 Å². The highest BCUT2D eigenvalue weighted by Gasteiger charge is 2.20. The van der Waals surface area contributed by atoms with Crippen molar-refractivity contribution >= 4 is 0 Å². The van der Waals surface area contributed by atoms with Crippen LogP contribution < -0.4 is 0 Å². The lowest BCUT2D eigenvalue weighted by Crippen LogP contribution is -2.14. The van der Waals surface area contributed by atoms with Crippen molar-refractivity contribution in [3.63, 3.8) is 0 Å². The van der Waals surface area contributed by atoms with Crippen LogP contribution in [0.25, 0.3) is 0 Å². The first kappa shape index (κ1) is 26.0. The molecule has 26 heavy (non-hydrogen) atoms. The molecule has 0 aromatic carbocycles. The first-order valence-corrected chi connectivity index (χ1v) is 12.7. The van der Waals surface area contributed by atoms with Gasteiger partial charge >= 0.3 is 0 Å². The van der Waals surface area contributed by atoms with Crippen molar-refractivity contribution in [2.24, 2.45) is 5.41 Å². The molecule has 158 valence electrons. The lowest BCUT2D eigenvalue weighted by Gasteiger charge is -2.28. The van der Waals surface area contributed by atoms with Gasteiger partial charge in [-0.15, -0.1) is 0 Å². The van der Waals surface area contributed by atoms with E-state index in [2.05, 4.69) is 27.7 Å². The monoisotopic (exact) mass is 366 g/mol. The van der Waals surface area contributed by atoms with E-state index in [4.69, 9.17) is 0 Å². The minimum atomic E-state index is 0.631. The first-order chi connectivity index (χ1) is 12.7. The van der Waals surface area contributed by atoms with Gasteiger partial charge in [-0.3, -0.25) is 0 Å². The average Bonchev–Trinajstić information content (AvgIpc) is 2.66. The van der Waals surface area contributed by atoms with E-state index >= 15 is 0 Å². The molecule has 0 heteroatoms. The summed E-state index contributed by atoms with van der Waals surface area (Å²) in [5.74, 6) is 0. The van der Waals surface area contributed by atoms with Crippen LogP contribution >= 0.6 is 0 Å². The SMILES string of the molecule is CCCCCCCCCCCCCCCCCCC(C)(CC)CCCC. The van der Waals surface area contributed by atoms with Crippen LogP contribution in [0.3, 0.4) is 0 Å². The van der Waals surface area contributed by atoms with E-state index < -0.39 is 0 Å².